The summed E-state index contributed by atoms with van der Waals surface area (Å²) in [4.78, 5) is 28.1. The zero-order valence-corrected chi connectivity index (χ0v) is 20.0. The molecule has 0 radical (unpaired) electrons. The molecule has 33 heavy (non-hydrogen) atoms. The second kappa shape index (κ2) is 10.1. The van der Waals surface area contributed by atoms with Crippen LogP contribution in [-0.2, 0) is 26.2 Å². The van der Waals surface area contributed by atoms with Gasteiger partial charge in [-0.3, -0.25) is 9.59 Å². The average molecular weight is 490 g/mol. The van der Waals surface area contributed by atoms with Crippen LogP contribution in [0.25, 0.3) is 0 Å². The van der Waals surface area contributed by atoms with Crippen molar-refractivity contribution in [3.8, 4) is 5.75 Å². The van der Waals surface area contributed by atoms with Crippen LogP contribution >= 0.6 is 11.8 Å². The van der Waals surface area contributed by atoms with E-state index in [9.17, 15) is 18.0 Å². The van der Waals surface area contributed by atoms with Gasteiger partial charge in [0.1, 0.15) is 5.75 Å². The Hall–Kier alpha value is -2.56. The number of carbonyl (C=O) groups excluding carboxylic acids is 2. The molecular weight excluding hydrogens is 462 g/mol. The first-order valence-electron chi connectivity index (χ1n) is 10.9. The fraction of sp³-hybridized carbons (Fsp3) is 0.391. The Morgan fingerprint density at radius 3 is 2.61 bits per heavy atom. The molecule has 2 heterocycles. The summed E-state index contributed by atoms with van der Waals surface area (Å²) in [6.45, 7) is 1.41. The molecule has 0 unspecified atom stereocenters. The van der Waals surface area contributed by atoms with Gasteiger partial charge in [0, 0.05) is 30.1 Å². The molecule has 10 heteroatoms. The van der Waals surface area contributed by atoms with Crippen molar-refractivity contribution in [1.82, 2.24) is 9.62 Å². The first-order chi connectivity index (χ1) is 15.9. The molecule has 1 atom stereocenters. The number of nitrogens with one attached hydrogen (secondary N) is 2. The van der Waals surface area contributed by atoms with Crippen LogP contribution in [0.1, 0.15) is 31.2 Å². The van der Waals surface area contributed by atoms with Crippen molar-refractivity contribution >= 4 is 39.3 Å². The second-order valence-electron chi connectivity index (χ2n) is 8.02. The Morgan fingerprint density at radius 2 is 1.88 bits per heavy atom. The first-order valence-corrected chi connectivity index (χ1v) is 13.3. The quantitative estimate of drug-likeness (QED) is 0.605. The topological polar surface area (TPSA) is 105 Å². The minimum absolute atomic E-state index is 0.0364. The van der Waals surface area contributed by atoms with Gasteiger partial charge in [-0.05, 0) is 37.1 Å². The fourth-order valence-corrected chi connectivity index (χ4v) is 6.07. The molecule has 1 saturated heterocycles. The van der Waals surface area contributed by atoms with E-state index < -0.39 is 21.2 Å². The van der Waals surface area contributed by atoms with Gasteiger partial charge in [0.2, 0.25) is 21.8 Å². The van der Waals surface area contributed by atoms with Crippen LogP contribution in [0.15, 0.2) is 52.3 Å². The number of amides is 2. The van der Waals surface area contributed by atoms with Gasteiger partial charge in [-0.25, -0.2) is 13.1 Å². The number of carbonyl (C=O) groups is 2. The van der Waals surface area contributed by atoms with E-state index in [-0.39, 0.29) is 17.3 Å². The highest BCUT2D eigenvalue weighted by Gasteiger charge is 2.36. The maximum absolute atomic E-state index is 13.0. The monoisotopic (exact) mass is 489 g/mol. The number of hydrogen-bond donors (Lipinski definition) is 2. The Labute approximate surface area is 198 Å². The number of rotatable bonds is 6. The largest absolute Gasteiger partial charge is 0.496 e. The smallest absolute Gasteiger partial charge is 0.247 e. The molecule has 2 aromatic carbocycles. The minimum atomic E-state index is -3.83. The molecular formula is C23H27N3O5S2. The SMILES string of the molecule is COc1ccccc1CNS(=O)(=O)c1ccc2c(c1)NC(=O)[C@H](C(=O)N1CCCCCC1)S2. The highest BCUT2D eigenvalue weighted by Crippen LogP contribution is 2.38. The van der Waals surface area contributed by atoms with Crippen LogP contribution < -0.4 is 14.8 Å². The second-order valence-corrected chi connectivity index (χ2v) is 10.9. The molecule has 2 amide bonds. The summed E-state index contributed by atoms with van der Waals surface area (Å²) in [6.07, 6.45) is 4.09. The standard InChI is InChI=1S/C23H27N3O5S2/c1-31-19-9-5-4-8-16(19)15-24-33(29,30)17-10-11-20-18(14-17)25-22(27)21(32-20)23(28)26-12-6-2-3-7-13-26/h4-5,8-11,14,21,24H,2-3,6-7,12-13,15H2,1H3,(H,25,27)/t21-/m1/s1. The Kier molecular flexibility index (Phi) is 7.26. The van der Waals surface area contributed by atoms with Gasteiger partial charge < -0.3 is 15.0 Å². The molecule has 2 N–H and O–H groups in total. The van der Waals surface area contributed by atoms with E-state index in [0.717, 1.165) is 25.7 Å². The number of anilines is 1. The highest BCUT2D eigenvalue weighted by molar-refractivity contribution is 8.01. The third kappa shape index (κ3) is 5.34. The maximum atomic E-state index is 13.0. The maximum Gasteiger partial charge on any atom is 0.247 e. The molecule has 1 fully saturated rings. The molecule has 0 saturated carbocycles. The number of ether oxygens (including phenoxy) is 1. The van der Waals surface area contributed by atoms with Gasteiger partial charge in [0.15, 0.2) is 5.25 Å². The minimum Gasteiger partial charge on any atom is -0.496 e. The van der Waals surface area contributed by atoms with Crippen molar-refractivity contribution in [3.63, 3.8) is 0 Å². The van der Waals surface area contributed by atoms with Crippen molar-refractivity contribution in [2.45, 2.75) is 47.3 Å². The predicted molar refractivity (Wildman–Crippen MR) is 127 cm³/mol. The number of nitrogens with zero attached hydrogens (tertiary/aromatic N) is 1. The first kappa shape index (κ1) is 23.6. The average Bonchev–Trinajstić information content (AvgIpc) is 3.11. The van der Waals surface area contributed by atoms with Crippen molar-refractivity contribution in [1.29, 1.82) is 0 Å². The molecule has 0 spiro atoms. The normalized spacial score (nSPS) is 18.8. The van der Waals surface area contributed by atoms with E-state index >= 15 is 0 Å². The van der Waals surface area contributed by atoms with E-state index in [2.05, 4.69) is 10.0 Å². The van der Waals surface area contributed by atoms with Gasteiger partial charge in [-0.1, -0.05) is 31.0 Å². The number of hydrogen-bond acceptors (Lipinski definition) is 6. The van der Waals surface area contributed by atoms with Crippen molar-refractivity contribution in [2.24, 2.45) is 0 Å². The lowest BCUT2D eigenvalue weighted by Gasteiger charge is -2.28. The van der Waals surface area contributed by atoms with E-state index in [4.69, 9.17) is 4.74 Å². The summed E-state index contributed by atoms with van der Waals surface area (Å²) in [6, 6.07) is 11.7. The molecule has 176 valence electrons. The fourth-order valence-electron chi connectivity index (χ4n) is 3.98. The third-order valence-electron chi connectivity index (χ3n) is 5.79. The lowest BCUT2D eigenvalue weighted by molar-refractivity contribution is -0.133. The highest BCUT2D eigenvalue weighted by atomic mass is 32.2. The van der Waals surface area contributed by atoms with Crippen molar-refractivity contribution in [2.75, 3.05) is 25.5 Å². The Morgan fingerprint density at radius 1 is 1.15 bits per heavy atom. The summed E-state index contributed by atoms with van der Waals surface area (Å²) < 4.78 is 33.5. The van der Waals surface area contributed by atoms with Crippen LogP contribution in [0.4, 0.5) is 5.69 Å². The number of para-hydroxylation sites is 1. The van der Waals surface area contributed by atoms with E-state index in [0.29, 0.717) is 35.0 Å². The number of methoxy groups -OCH3 is 1. The van der Waals surface area contributed by atoms with Gasteiger partial charge in [-0.15, -0.1) is 11.8 Å². The molecule has 0 bridgehead atoms. The molecule has 0 aliphatic carbocycles. The summed E-state index contributed by atoms with van der Waals surface area (Å²) in [5, 5.41) is 1.87. The number of fused-ring (bicyclic) bond motifs is 1. The summed E-state index contributed by atoms with van der Waals surface area (Å²) in [7, 11) is -2.30. The van der Waals surface area contributed by atoms with Crippen LogP contribution in [-0.4, -0.2) is 50.6 Å². The Bertz CT molecular complexity index is 1140. The lowest BCUT2D eigenvalue weighted by Crippen LogP contribution is -2.45. The third-order valence-corrected chi connectivity index (χ3v) is 8.45. The molecule has 4 rings (SSSR count). The molecule has 2 aliphatic rings. The van der Waals surface area contributed by atoms with Crippen LogP contribution in [0.2, 0.25) is 0 Å². The Balaban J connectivity index is 1.48. The van der Waals surface area contributed by atoms with E-state index in [1.54, 1.807) is 29.2 Å². The van der Waals surface area contributed by atoms with Gasteiger partial charge >= 0.3 is 0 Å². The summed E-state index contributed by atoms with van der Waals surface area (Å²) in [5.41, 5.74) is 1.10. The number of sulfonamides is 1. The molecule has 2 aliphatic heterocycles. The zero-order valence-electron chi connectivity index (χ0n) is 18.4. The summed E-state index contributed by atoms with van der Waals surface area (Å²) >= 11 is 1.17. The van der Waals surface area contributed by atoms with Crippen LogP contribution in [0, 0.1) is 0 Å². The summed E-state index contributed by atoms with van der Waals surface area (Å²) in [5.74, 6) is -0.00655. The number of likely N-dealkylation sites (tertiary alicyclic amines) is 1. The molecule has 2 aromatic rings. The van der Waals surface area contributed by atoms with Gasteiger partial charge in [0.25, 0.3) is 0 Å². The number of thioether (sulfide) groups is 1. The molecule has 0 aromatic heterocycles. The lowest BCUT2D eigenvalue weighted by atomic mass is 10.2. The van der Waals surface area contributed by atoms with Crippen molar-refractivity contribution in [3.05, 3.63) is 48.0 Å². The van der Waals surface area contributed by atoms with Gasteiger partial charge in [-0.2, -0.15) is 0 Å². The zero-order chi connectivity index (χ0) is 23.4. The predicted octanol–water partition coefficient (Wildman–Crippen LogP) is 2.99. The van der Waals surface area contributed by atoms with Crippen LogP contribution in [0.3, 0.4) is 0 Å². The molecule has 8 nitrogen and oxygen atoms in total. The van der Waals surface area contributed by atoms with Gasteiger partial charge in [0.05, 0.1) is 17.7 Å². The number of benzene rings is 2. The van der Waals surface area contributed by atoms with E-state index in [1.807, 2.05) is 6.07 Å². The van der Waals surface area contributed by atoms with Crippen molar-refractivity contribution < 1.29 is 22.7 Å². The van der Waals surface area contributed by atoms with Crippen LogP contribution in [0.5, 0.6) is 5.75 Å². The van der Waals surface area contributed by atoms with E-state index in [1.165, 1.54) is 31.0 Å².